The quantitative estimate of drug-likeness (QED) is 0.672. The van der Waals surface area contributed by atoms with Crippen LogP contribution in [0.4, 0.5) is 4.79 Å². The molecule has 0 spiro atoms. The van der Waals surface area contributed by atoms with Gasteiger partial charge in [-0.1, -0.05) is 39.5 Å². The lowest BCUT2D eigenvalue weighted by Crippen LogP contribution is -2.56. The lowest BCUT2D eigenvalue weighted by Gasteiger charge is -2.26. The van der Waals surface area contributed by atoms with Gasteiger partial charge >= 0.3 is 12.0 Å². The molecule has 0 aromatic carbocycles. The van der Waals surface area contributed by atoms with Gasteiger partial charge in [0.1, 0.15) is 5.54 Å². The molecule has 3 N–H and O–H groups in total. The molecule has 1 atom stereocenters. The molecule has 0 aliphatic heterocycles. The Kier molecular flexibility index (Phi) is 6.30. The van der Waals surface area contributed by atoms with Crippen molar-refractivity contribution in [1.29, 1.82) is 0 Å². The zero-order valence-corrected chi connectivity index (χ0v) is 12.9. The van der Waals surface area contributed by atoms with Gasteiger partial charge in [0.2, 0.25) is 0 Å². The van der Waals surface area contributed by atoms with Crippen molar-refractivity contribution in [2.45, 2.75) is 77.3 Å². The molecule has 20 heavy (non-hydrogen) atoms. The van der Waals surface area contributed by atoms with Gasteiger partial charge in [-0.15, -0.1) is 0 Å². The molecule has 1 aliphatic carbocycles. The highest BCUT2D eigenvalue weighted by Crippen LogP contribution is 2.29. The standard InChI is InChI=1S/C15H28N2O3/c1-11(2)7-6-8-12(3)16-14(20)17-15(13(18)19)9-4-5-10-15/h11-12H,4-10H2,1-3H3,(H,18,19)(H2,16,17,20). The minimum absolute atomic E-state index is 0.0704. The van der Waals surface area contributed by atoms with Gasteiger partial charge in [-0.2, -0.15) is 0 Å². The van der Waals surface area contributed by atoms with Gasteiger partial charge in [-0.3, -0.25) is 0 Å². The van der Waals surface area contributed by atoms with Gasteiger partial charge in [0, 0.05) is 6.04 Å². The maximum Gasteiger partial charge on any atom is 0.329 e. The second kappa shape index (κ2) is 7.50. The van der Waals surface area contributed by atoms with Crippen LogP contribution in [0.5, 0.6) is 0 Å². The first-order valence-corrected chi connectivity index (χ1v) is 7.68. The minimum atomic E-state index is -1.05. The first-order valence-electron chi connectivity index (χ1n) is 7.68. The van der Waals surface area contributed by atoms with E-state index >= 15 is 0 Å². The normalized spacial score (nSPS) is 18.8. The van der Waals surface area contributed by atoms with Gasteiger partial charge < -0.3 is 15.7 Å². The van der Waals surface area contributed by atoms with E-state index in [4.69, 9.17) is 0 Å². The number of aliphatic carboxylic acids is 1. The highest BCUT2D eigenvalue weighted by Gasteiger charge is 2.42. The van der Waals surface area contributed by atoms with Crippen molar-refractivity contribution in [3.05, 3.63) is 0 Å². The molecule has 1 fully saturated rings. The highest BCUT2D eigenvalue weighted by atomic mass is 16.4. The van der Waals surface area contributed by atoms with E-state index in [1.165, 1.54) is 0 Å². The molecule has 0 saturated heterocycles. The monoisotopic (exact) mass is 284 g/mol. The average molecular weight is 284 g/mol. The third kappa shape index (κ3) is 5.02. The maximum absolute atomic E-state index is 11.9. The van der Waals surface area contributed by atoms with Gasteiger partial charge in [0.15, 0.2) is 0 Å². The van der Waals surface area contributed by atoms with Crippen molar-refractivity contribution in [3.63, 3.8) is 0 Å². The second-order valence-corrected chi connectivity index (χ2v) is 6.42. The third-order valence-corrected chi connectivity index (χ3v) is 4.02. The number of carbonyl (C=O) groups excluding carboxylic acids is 1. The molecule has 0 heterocycles. The number of carboxylic acid groups (broad SMARTS) is 1. The number of urea groups is 1. The number of nitrogens with one attached hydrogen (secondary N) is 2. The largest absolute Gasteiger partial charge is 0.480 e. The zero-order valence-electron chi connectivity index (χ0n) is 12.9. The molecule has 1 unspecified atom stereocenters. The molecule has 0 radical (unpaired) electrons. The molecule has 5 nitrogen and oxygen atoms in total. The fourth-order valence-electron chi connectivity index (χ4n) is 2.75. The van der Waals surface area contributed by atoms with Gasteiger partial charge in [-0.05, 0) is 32.1 Å². The maximum atomic E-state index is 11.9. The highest BCUT2D eigenvalue weighted by molar-refractivity contribution is 5.86. The van der Waals surface area contributed by atoms with E-state index in [9.17, 15) is 14.7 Å². The van der Waals surface area contributed by atoms with Crippen LogP contribution in [0.25, 0.3) is 0 Å². The van der Waals surface area contributed by atoms with E-state index in [0.717, 1.165) is 32.1 Å². The summed E-state index contributed by atoms with van der Waals surface area (Å²) in [6, 6.07) is -0.285. The molecule has 2 amide bonds. The Labute approximate surface area is 121 Å². The summed E-state index contributed by atoms with van der Waals surface area (Å²) in [6.07, 6.45) is 5.91. The van der Waals surface area contributed by atoms with Crippen LogP contribution in [0.2, 0.25) is 0 Å². The van der Waals surface area contributed by atoms with Crippen LogP contribution in [0, 0.1) is 5.92 Å². The Balaban J connectivity index is 2.36. The Morgan fingerprint density at radius 2 is 1.75 bits per heavy atom. The molecule has 116 valence electrons. The van der Waals surface area contributed by atoms with Crippen molar-refractivity contribution in [2.24, 2.45) is 5.92 Å². The van der Waals surface area contributed by atoms with Gasteiger partial charge in [0.25, 0.3) is 0 Å². The van der Waals surface area contributed by atoms with E-state index in [1.54, 1.807) is 0 Å². The molecule has 0 aromatic rings. The lowest BCUT2D eigenvalue weighted by molar-refractivity contribution is -0.144. The molecule has 5 heteroatoms. The smallest absolute Gasteiger partial charge is 0.329 e. The van der Waals surface area contributed by atoms with Crippen molar-refractivity contribution in [2.75, 3.05) is 0 Å². The van der Waals surface area contributed by atoms with Gasteiger partial charge in [0.05, 0.1) is 0 Å². The molecule has 1 saturated carbocycles. The molecule has 0 aromatic heterocycles. The number of rotatable bonds is 7. The fraction of sp³-hybridized carbons (Fsp3) is 0.867. The van der Waals surface area contributed by atoms with E-state index in [2.05, 4.69) is 24.5 Å². The van der Waals surface area contributed by atoms with Crippen molar-refractivity contribution in [1.82, 2.24) is 10.6 Å². The Morgan fingerprint density at radius 1 is 1.15 bits per heavy atom. The molecule has 1 rings (SSSR count). The van der Waals surface area contributed by atoms with Crippen molar-refractivity contribution < 1.29 is 14.7 Å². The van der Waals surface area contributed by atoms with Crippen LogP contribution in [0.15, 0.2) is 0 Å². The zero-order chi connectivity index (χ0) is 15.2. The van der Waals surface area contributed by atoms with Crippen molar-refractivity contribution >= 4 is 12.0 Å². The number of amides is 2. The summed E-state index contributed by atoms with van der Waals surface area (Å²) in [4.78, 5) is 23.3. The van der Waals surface area contributed by atoms with Crippen LogP contribution >= 0.6 is 0 Å². The second-order valence-electron chi connectivity index (χ2n) is 6.42. The van der Waals surface area contributed by atoms with Gasteiger partial charge in [-0.25, -0.2) is 9.59 Å². The fourth-order valence-corrected chi connectivity index (χ4v) is 2.75. The topological polar surface area (TPSA) is 78.4 Å². The van der Waals surface area contributed by atoms with E-state index in [0.29, 0.717) is 18.8 Å². The number of carbonyl (C=O) groups is 2. The van der Waals surface area contributed by atoms with Crippen LogP contribution < -0.4 is 10.6 Å². The lowest BCUT2D eigenvalue weighted by atomic mass is 9.98. The first kappa shape index (κ1) is 16.8. The summed E-state index contributed by atoms with van der Waals surface area (Å²) in [7, 11) is 0. The molecular weight excluding hydrogens is 256 g/mol. The minimum Gasteiger partial charge on any atom is -0.480 e. The summed E-state index contributed by atoms with van der Waals surface area (Å²) >= 11 is 0. The number of hydrogen-bond acceptors (Lipinski definition) is 2. The number of hydrogen-bond donors (Lipinski definition) is 3. The Bertz CT molecular complexity index is 336. The van der Waals surface area contributed by atoms with Crippen LogP contribution in [-0.2, 0) is 4.79 Å². The van der Waals surface area contributed by atoms with Crippen LogP contribution in [0.3, 0.4) is 0 Å². The van der Waals surface area contributed by atoms with E-state index in [-0.39, 0.29) is 12.1 Å². The Morgan fingerprint density at radius 3 is 2.25 bits per heavy atom. The van der Waals surface area contributed by atoms with Crippen LogP contribution in [-0.4, -0.2) is 28.7 Å². The predicted molar refractivity (Wildman–Crippen MR) is 78.7 cm³/mol. The molecular formula is C15H28N2O3. The van der Waals surface area contributed by atoms with Crippen LogP contribution in [0.1, 0.15) is 65.7 Å². The summed E-state index contributed by atoms with van der Waals surface area (Å²) in [5.41, 5.74) is -1.05. The third-order valence-electron chi connectivity index (χ3n) is 4.02. The summed E-state index contributed by atoms with van der Waals surface area (Å²) in [5.74, 6) is -0.248. The van der Waals surface area contributed by atoms with Crippen molar-refractivity contribution in [3.8, 4) is 0 Å². The summed E-state index contributed by atoms with van der Waals surface area (Å²) in [5, 5.41) is 14.8. The molecule has 0 bridgehead atoms. The average Bonchev–Trinajstić information content (AvgIpc) is 2.77. The molecule has 1 aliphatic rings. The Hall–Kier alpha value is -1.26. The SMILES string of the molecule is CC(C)CCCC(C)NC(=O)NC1(C(=O)O)CCCC1. The summed E-state index contributed by atoms with van der Waals surface area (Å²) < 4.78 is 0. The predicted octanol–water partition coefficient (Wildman–Crippen LogP) is 2.90. The van der Waals surface area contributed by atoms with E-state index < -0.39 is 11.5 Å². The first-order chi connectivity index (χ1) is 9.35. The van der Waals surface area contributed by atoms with E-state index in [1.807, 2.05) is 6.92 Å². The number of carboxylic acids is 1. The summed E-state index contributed by atoms with van der Waals surface area (Å²) in [6.45, 7) is 6.32.